The highest BCUT2D eigenvalue weighted by Crippen LogP contribution is 2.13. The molecule has 1 rings (SSSR count). The van der Waals surface area contributed by atoms with Crippen molar-refractivity contribution >= 4 is 12.0 Å². The molecule has 2 N–H and O–H groups in total. The van der Waals surface area contributed by atoms with Gasteiger partial charge in [0.05, 0.1) is 12.8 Å². The van der Waals surface area contributed by atoms with E-state index in [2.05, 4.69) is 5.32 Å². The number of carbonyl (C=O) groups is 2. The smallest absolute Gasteiger partial charge is 0.323 e. The van der Waals surface area contributed by atoms with E-state index >= 15 is 0 Å². The van der Waals surface area contributed by atoms with Crippen LogP contribution in [0.5, 0.6) is 0 Å². The Hall–Kier alpha value is -1.98. The summed E-state index contributed by atoms with van der Waals surface area (Å²) < 4.78 is 5.08. The van der Waals surface area contributed by atoms with Gasteiger partial charge >= 0.3 is 12.0 Å². The minimum Gasteiger partial charge on any atom is -0.480 e. The van der Waals surface area contributed by atoms with Crippen molar-refractivity contribution in [2.24, 2.45) is 0 Å². The van der Waals surface area contributed by atoms with Gasteiger partial charge in [0.25, 0.3) is 0 Å². The molecule has 18 heavy (non-hydrogen) atoms. The van der Waals surface area contributed by atoms with Crippen LogP contribution >= 0.6 is 0 Å². The second-order valence-electron chi connectivity index (χ2n) is 4.89. The van der Waals surface area contributed by atoms with Gasteiger partial charge < -0.3 is 19.7 Å². The van der Waals surface area contributed by atoms with Gasteiger partial charge in [-0.15, -0.1) is 0 Å². The molecule has 0 aliphatic rings. The molecule has 0 aromatic carbocycles. The first kappa shape index (κ1) is 14.1. The summed E-state index contributed by atoms with van der Waals surface area (Å²) in [4.78, 5) is 23.9. The molecule has 0 aliphatic heterocycles. The van der Waals surface area contributed by atoms with Gasteiger partial charge in [-0.3, -0.25) is 4.79 Å². The summed E-state index contributed by atoms with van der Waals surface area (Å²) in [6.45, 7) is 5.23. The summed E-state index contributed by atoms with van der Waals surface area (Å²) in [6.07, 6.45) is 1.51. The molecule has 6 nitrogen and oxygen atoms in total. The minimum atomic E-state index is -1.04. The fourth-order valence-electron chi connectivity index (χ4n) is 1.42. The lowest BCUT2D eigenvalue weighted by molar-refractivity contribution is -0.138. The standard InChI is InChI=1S/C12H18N2O4/c1-12(2,3)14(8-10(15)16)11(17)13-7-9-5-4-6-18-9/h4-6H,7-8H2,1-3H3,(H,13,17)(H,15,16). The minimum absolute atomic E-state index is 0.234. The van der Waals surface area contributed by atoms with Gasteiger partial charge in [-0.2, -0.15) is 0 Å². The third-order valence-corrected chi connectivity index (χ3v) is 2.34. The highest BCUT2D eigenvalue weighted by molar-refractivity contribution is 5.80. The third kappa shape index (κ3) is 4.12. The number of urea groups is 1. The van der Waals surface area contributed by atoms with Gasteiger partial charge in [0.2, 0.25) is 0 Å². The second-order valence-corrected chi connectivity index (χ2v) is 4.89. The molecule has 0 saturated carbocycles. The predicted octanol–water partition coefficient (Wildman–Crippen LogP) is 1.67. The molecule has 0 atom stereocenters. The summed E-state index contributed by atoms with van der Waals surface area (Å²) in [5.74, 6) is -0.425. The monoisotopic (exact) mass is 254 g/mol. The van der Waals surface area contributed by atoms with E-state index in [0.29, 0.717) is 5.76 Å². The molecular formula is C12H18N2O4. The van der Waals surface area contributed by atoms with Gasteiger partial charge in [0.15, 0.2) is 0 Å². The lowest BCUT2D eigenvalue weighted by Gasteiger charge is -2.34. The maximum Gasteiger partial charge on any atom is 0.323 e. The third-order valence-electron chi connectivity index (χ3n) is 2.34. The van der Waals surface area contributed by atoms with Crippen molar-refractivity contribution in [1.82, 2.24) is 10.2 Å². The number of carboxylic acids is 1. The fourth-order valence-corrected chi connectivity index (χ4v) is 1.42. The van der Waals surface area contributed by atoms with Crippen molar-refractivity contribution < 1.29 is 19.1 Å². The average molecular weight is 254 g/mol. The van der Waals surface area contributed by atoms with Crippen LogP contribution in [0.2, 0.25) is 0 Å². The Morgan fingerprint density at radius 2 is 2.11 bits per heavy atom. The van der Waals surface area contributed by atoms with Crippen molar-refractivity contribution in [1.29, 1.82) is 0 Å². The Balaban J connectivity index is 2.62. The van der Waals surface area contributed by atoms with E-state index in [1.165, 1.54) is 11.2 Å². The maximum absolute atomic E-state index is 11.9. The summed E-state index contributed by atoms with van der Waals surface area (Å²) in [7, 11) is 0. The van der Waals surface area contributed by atoms with Crippen LogP contribution in [0.15, 0.2) is 22.8 Å². The van der Waals surface area contributed by atoms with E-state index < -0.39 is 17.5 Å². The molecule has 0 spiro atoms. The van der Waals surface area contributed by atoms with E-state index in [0.717, 1.165) is 0 Å². The molecule has 100 valence electrons. The molecule has 1 heterocycles. The van der Waals surface area contributed by atoms with E-state index in [-0.39, 0.29) is 13.1 Å². The van der Waals surface area contributed by atoms with Crippen LogP contribution in [0.1, 0.15) is 26.5 Å². The Morgan fingerprint density at radius 1 is 1.44 bits per heavy atom. The zero-order chi connectivity index (χ0) is 13.8. The number of carbonyl (C=O) groups excluding carboxylic acids is 1. The highest BCUT2D eigenvalue weighted by atomic mass is 16.4. The van der Waals surface area contributed by atoms with Crippen molar-refractivity contribution in [3.63, 3.8) is 0 Å². The molecular weight excluding hydrogens is 236 g/mol. The maximum atomic E-state index is 11.9. The van der Waals surface area contributed by atoms with Crippen LogP contribution in [0, 0.1) is 0 Å². The topological polar surface area (TPSA) is 82.8 Å². The van der Waals surface area contributed by atoms with E-state index in [9.17, 15) is 9.59 Å². The van der Waals surface area contributed by atoms with Crippen LogP contribution in [-0.4, -0.2) is 34.1 Å². The van der Waals surface area contributed by atoms with E-state index in [4.69, 9.17) is 9.52 Å². The number of nitrogens with zero attached hydrogens (tertiary/aromatic N) is 1. The van der Waals surface area contributed by atoms with Gasteiger partial charge in [-0.1, -0.05) is 0 Å². The number of hydrogen-bond donors (Lipinski definition) is 2. The molecule has 0 bridgehead atoms. The molecule has 2 amide bonds. The molecule has 1 aromatic heterocycles. The Kier molecular flexibility index (Phi) is 4.36. The molecule has 6 heteroatoms. The predicted molar refractivity (Wildman–Crippen MR) is 65.0 cm³/mol. The van der Waals surface area contributed by atoms with Gasteiger partial charge in [-0.25, -0.2) is 4.79 Å². The fraction of sp³-hybridized carbons (Fsp3) is 0.500. The average Bonchev–Trinajstić information content (AvgIpc) is 2.73. The van der Waals surface area contributed by atoms with Crippen LogP contribution in [0.4, 0.5) is 4.79 Å². The first-order chi connectivity index (χ1) is 8.30. The number of hydrogen-bond acceptors (Lipinski definition) is 3. The van der Waals surface area contributed by atoms with Crippen molar-refractivity contribution in [2.45, 2.75) is 32.9 Å². The lowest BCUT2D eigenvalue weighted by Crippen LogP contribution is -2.52. The molecule has 0 radical (unpaired) electrons. The van der Waals surface area contributed by atoms with Crippen LogP contribution in [-0.2, 0) is 11.3 Å². The van der Waals surface area contributed by atoms with Crippen LogP contribution in [0.25, 0.3) is 0 Å². The molecule has 0 unspecified atom stereocenters. The molecule has 0 fully saturated rings. The Labute approximate surface area is 106 Å². The number of furan rings is 1. The van der Waals surface area contributed by atoms with Gasteiger partial charge in [-0.05, 0) is 32.9 Å². The first-order valence-corrected chi connectivity index (χ1v) is 5.60. The summed E-state index contributed by atoms with van der Waals surface area (Å²) in [6, 6.07) is 3.03. The van der Waals surface area contributed by atoms with E-state index in [1.807, 2.05) is 0 Å². The van der Waals surface area contributed by atoms with Crippen LogP contribution < -0.4 is 5.32 Å². The summed E-state index contributed by atoms with van der Waals surface area (Å²) in [5.41, 5.74) is -0.564. The normalized spacial score (nSPS) is 11.1. The number of carboxylic acid groups (broad SMARTS) is 1. The van der Waals surface area contributed by atoms with Gasteiger partial charge in [0.1, 0.15) is 12.3 Å². The number of nitrogens with one attached hydrogen (secondary N) is 1. The number of amides is 2. The quantitative estimate of drug-likeness (QED) is 0.856. The van der Waals surface area contributed by atoms with Gasteiger partial charge in [0, 0.05) is 5.54 Å². The Morgan fingerprint density at radius 3 is 2.56 bits per heavy atom. The van der Waals surface area contributed by atoms with Crippen molar-refractivity contribution in [3.05, 3.63) is 24.2 Å². The molecule has 0 saturated heterocycles. The summed E-state index contributed by atoms with van der Waals surface area (Å²) >= 11 is 0. The largest absolute Gasteiger partial charge is 0.480 e. The van der Waals surface area contributed by atoms with Crippen LogP contribution in [0.3, 0.4) is 0 Å². The SMILES string of the molecule is CC(C)(C)N(CC(=O)O)C(=O)NCc1ccco1. The number of rotatable bonds is 4. The number of aliphatic carboxylic acids is 1. The second kappa shape index (κ2) is 5.57. The lowest BCUT2D eigenvalue weighted by atomic mass is 10.1. The Bertz CT molecular complexity index is 406. The first-order valence-electron chi connectivity index (χ1n) is 5.60. The zero-order valence-corrected chi connectivity index (χ0v) is 10.8. The highest BCUT2D eigenvalue weighted by Gasteiger charge is 2.28. The summed E-state index contributed by atoms with van der Waals surface area (Å²) in [5, 5.41) is 11.4. The zero-order valence-electron chi connectivity index (χ0n) is 10.8. The van der Waals surface area contributed by atoms with Crippen molar-refractivity contribution in [3.8, 4) is 0 Å². The molecule has 1 aromatic rings. The molecule has 0 aliphatic carbocycles. The van der Waals surface area contributed by atoms with Crippen molar-refractivity contribution in [2.75, 3.05) is 6.54 Å². The van der Waals surface area contributed by atoms with E-state index in [1.54, 1.807) is 32.9 Å².